The predicted octanol–water partition coefficient (Wildman–Crippen LogP) is 2.86. The van der Waals surface area contributed by atoms with Gasteiger partial charge in [-0.05, 0) is 23.8 Å². The summed E-state index contributed by atoms with van der Waals surface area (Å²) in [5.74, 6) is -2.50. The van der Waals surface area contributed by atoms with E-state index in [0.717, 1.165) is 6.92 Å². The van der Waals surface area contributed by atoms with Gasteiger partial charge in [0, 0.05) is 19.0 Å². The van der Waals surface area contributed by atoms with Crippen molar-refractivity contribution in [1.29, 1.82) is 0 Å². The molecule has 0 radical (unpaired) electrons. The Balaban J connectivity index is 2.73. The van der Waals surface area contributed by atoms with Crippen LogP contribution in [0.25, 0.3) is 5.76 Å². The number of imidazole rings is 1. The fraction of sp³-hybridized carbons (Fsp3) is 0.235. The van der Waals surface area contributed by atoms with Crippen molar-refractivity contribution < 1.29 is 19.6 Å². The molecule has 0 atom stereocenters. The lowest BCUT2D eigenvalue weighted by atomic mass is 9.99. The SMILES string of the molecule is CCn1c(C)nc([N+](=O)[O-])c1C(=O)/C(C(C)=O)=C(\O)c1ccccc1. The lowest BCUT2D eigenvalue weighted by Gasteiger charge is -2.09. The van der Waals surface area contributed by atoms with Crippen LogP contribution in [0, 0.1) is 17.0 Å². The Morgan fingerprint density at radius 2 is 1.88 bits per heavy atom. The molecule has 0 aliphatic rings. The number of hydrogen-bond acceptors (Lipinski definition) is 6. The van der Waals surface area contributed by atoms with Crippen LogP contribution in [0.5, 0.6) is 0 Å². The molecule has 0 aliphatic carbocycles. The van der Waals surface area contributed by atoms with Crippen LogP contribution in [0.2, 0.25) is 0 Å². The van der Waals surface area contributed by atoms with Gasteiger partial charge < -0.3 is 15.2 Å². The van der Waals surface area contributed by atoms with E-state index >= 15 is 0 Å². The van der Waals surface area contributed by atoms with Gasteiger partial charge in [-0.3, -0.25) is 14.2 Å². The molecule has 1 heterocycles. The predicted molar refractivity (Wildman–Crippen MR) is 90.3 cm³/mol. The van der Waals surface area contributed by atoms with Gasteiger partial charge in [-0.15, -0.1) is 0 Å². The highest BCUT2D eigenvalue weighted by Crippen LogP contribution is 2.26. The summed E-state index contributed by atoms with van der Waals surface area (Å²) in [4.78, 5) is 39.2. The Morgan fingerprint density at radius 1 is 1.28 bits per heavy atom. The Labute approximate surface area is 143 Å². The van der Waals surface area contributed by atoms with E-state index in [0.29, 0.717) is 0 Å². The summed E-state index contributed by atoms with van der Waals surface area (Å²) in [5, 5.41) is 21.7. The van der Waals surface area contributed by atoms with Crippen LogP contribution in [-0.2, 0) is 11.3 Å². The molecular weight excluding hydrogens is 326 g/mol. The van der Waals surface area contributed by atoms with E-state index in [1.165, 1.54) is 23.6 Å². The number of carbonyl (C=O) groups excluding carboxylic acids is 2. The topological polar surface area (TPSA) is 115 Å². The first kappa shape index (κ1) is 18.1. The third kappa shape index (κ3) is 3.32. The molecule has 0 saturated heterocycles. The van der Waals surface area contributed by atoms with E-state index in [1.54, 1.807) is 25.1 Å². The molecule has 0 spiro atoms. The summed E-state index contributed by atoms with van der Waals surface area (Å²) in [6.45, 7) is 4.60. The number of aromatic nitrogens is 2. The van der Waals surface area contributed by atoms with Gasteiger partial charge in [-0.25, -0.2) is 0 Å². The number of rotatable bonds is 6. The molecule has 0 aliphatic heterocycles. The Hall–Kier alpha value is -3.29. The van der Waals surface area contributed by atoms with E-state index < -0.39 is 33.6 Å². The third-order valence-corrected chi connectivity index (χ3v) is 3.71. The smallest absolute Gasteiger partial charge is 0.393 e. The second-order valence-electron chi connectivity index (χ2n) is 5.31. The molecule has 130 valence electrons. The maximum absolute atomic E-state index is 12.9. The van der Waals surface area contributed by atoms with E-state index in [1.807, 2.05) is 0 Å². The number of allylic oxidation sites excluding steroid dienone is 1. The molecule has 0 unspecified atom stereocenters. The van der Waals surface area contributed by atoms with Crippen molar-refractivity contribution in [3.05, 3.63) is 63.1 Å². The molecule has 1 N–H and O–H groups in total. The Bertz CT molecular complexity index is 881. The van der Waals surface area contributed by atoms with Crippen LogP contribution >= 0.6 is 0 Å². The first-order valence-electron chi connectivity index (χ1n) is 7.55. The molecule has 2 rings (SSSR count). The summed E-state index contributed by atoms with van der Waals surface area (Å²) in [6, 6.07) is 8.05. The zero-order valence-electron chi connectivity index (χ0n) is 14.0. The van der Waals surface area contributed by atoms with Crippen molar-refractivity contribution in [2.45, 2.75) is 27.3 Å². The fourth-order valence-corrected chi connectivity index (χ4v) is 2.58. The molecule has 25 heavy (non-hydrogen) atoms. The second kappa shape index (κ2) is 7.08. The van der Waals surface area contributed by atoms with Gasteiger partial charge >= 0.3 is 5.82 Å². The number of aryl methyl sites for hydroxylation is 1. The lowest BCUT2D eigenvalue weighted by molar-refractivity contribution is -0.389. The first-order valence-corrected chi connectivity index (χ1v) is 7.55. The average Bonchev–Trinajstić information content (AvgIpc) is 2.92. The van der Waals surface area contributed by atoms with E-state index in [9.17, 15) is 24.8 Å². The van der Waals surface area contributed by atoms with Gasteiger partial charge in [0.15, 0.2) is 11.5 Å². The second-order valence-corrected chi connectivity index (χ2v) is 5.31. The minimum absolute atomic E-state index is 0.255. The Morgan fingerprint density at radius 3 is 2.36 bits per heavy atom. The lowest BCUT2D eigenvalue weighted by Crippen LogP contribution is -2.18. The number of benzene rings is 1. The highest BCUT2D eigenvalue weighted by atomic mass is 16.6. The highest BCUT2D eigenvalue weighted by molar-refractivity contribution is 6.29. The first-order chi connectivity index (χ1) is 11.8. The number of hydrogen-bond donors (Lipinski definition) is 1. The van der Waals surface area contributed by atoms with Crippen LogP contribution in [0.4, 0.5) is 5.82 Å². The van der Waals surface area contributed by atoms with Crippen molar-refractivity contribution in [2.24, 2.45) is 0 Å². The third-order valence-electron chi connectivity index (χ3n) is 3.71. The molecular formula is C17H17N3O5. The molecule has 0 bridgehead atoms. The number of aliphatic hydroxyl groups is 1. The summed E-state index contributed by atoms with van der Waals surface area (Å²) in [7, 11) is 0. The summed E-state index contributed by atoms with van der Waals surface area (Å²) >= 11 is 0. The van der Waals surface area contributed by atoms with Crippen molar-refractivity contribution in [1.82, 2.24) is 9.55 Å². The van der Waals surface area contributed by atoms with Gasteiger partial charge in [0.05, 0.1) is 0 Å². The molecule has 8 heteroatoms. The standard InChI is InChI=1S/C17H17N3O5/c1-4-19-11(3)18-17(20(24)25)14(19)16(23)13(10(2)21)15(22)12-8-6-5-7-9-12/h5-9,22H,4H2,1-3H3/b15-13-. The summed E-state index contributed by atoms with van der Waals surface area (Å²) < 4.78 is 1.35. The maximum Gasteiger partial charge on any atom is 0.393 e. The zero-order valence-corrected chi connectivity index (χ0v) is 14.0. The summed E-state index contributed by atoms with van der Waals surface area (Å²) in [6.07, 6.45) is 0. The van der Waals surface area contributed by atoms with Crippen LogP contribution < -0.4 is 0 Å². The monoisotopic (exact) mass is 343 g/mol. The molecule has 0 amide bonds. The van der Waals surface area contributed by atoms with Gasteiger partial charge in [-0.1, -0.05) is 30.3 Å². The minimum Gasteiger partial charge on any atom is -0.506 e. The number of aliphatic hydroxyl groups excluding tert-OH is 1. The highest BCUT2D eigenvalue weighted by Gasteiger charge is 2.34. The van der Waals surface area contributed by atoms with Crippen molar-refractivity contribution in [2.75, 3.05) is 0 Å². The molecule has 1 aromatic carbocycles. The number of nitrogens with zero attached hydrogens (tertiary/aromatic N) is 3. The average molecular weight is 343 g/mol. The number of carbonyl (C=O) groups is 2. The number of ketones is 2. The van der Waals surface area contributed by atoms with Gasteiger partial charge in [0.25, 0.3) is 0 Å². The van der Waals surface area contributed by atoms with Gasteiger partial charge in [0.1, 0.15) is 11.3 Å². The molecule has 8 nitrogen and oxygen atoms in total. The van der Waals surface area contributed by atoms with Crippen LogP contribution in [0.1, 0.15) is 35.7 Å². The quantitative estimate of drug-likeness (QED) is 0.164. The normalized spacial score (nSPS) is 11.8. The van der Waals surface area contributed by atoms with Crippen LogP contribution in [-0.4, -0.2) is 31.1 Å². The zero-order chi connectivity index (χ0) is 18.7. The van der Waals surface area contributed by atoms with E-state index in [4.69, 9.17) is 0 Å². The van der Waals surface area contributed by atoms with Crippen molar-refractivity contribution in [3.63, 3.8) is 0 Å². The maximum atomic E-state index is 12.9. The molecule has 0 fully saturated rings. The summed E-state index contributed by atoms with van der Waals surface area (Å²) in [5.41, 5.74) is -0.565. The van der Waals surface area contributed by atoms with Crippen molar-refractivity contribution in [3.8, 4) is 0 Å². The number of Topliss-reactive ketones (excluding diaryl/α,β-unsaturated/α-hetero) is 2. The van der Waals surface area contributed by atoms with Gasteiger partial charge in [-0.2, -0.15) is 0 Å². The largest absolute Gasteiger partial charge is 0.506 e. The number of nitro groups is 1. The van der Waals surface area contributed by atoms with Crippen LogP contribution in [0.3, 0.4) is 0 Å². The van der Waals surface area contributed by atoms with E-state index in [-0.39, 0.29) is 23.6 Å². The fourth-order valence-electron chi connectivity index (χ4n) is 2.58. The minimum atomic E-state index is -0.928. The van der Waals surface area contributed by atoms with Gasteiger partial charge in [0.2, 0.25) is 11.6 Å². The Kier molecular flexibility index (Phi) is 5.11. The molecule has 2 aromatic rings. The molecule has 1 aromatic heterocycles. The van der Waals surface area contributed by atoms with E-state index in [2.05, 4.69) is 4.98 Å². The van der Waals surface area contributed by atoms with Crippen molar-refractivity contribution >= 4 is 23.1 Å². The molecule has 0 saturated carbocycles. The van der Waals surface area contributed by atoms with Crippen LogP contribution in [0.15, 0.2) is 35.9 Å².